The molecule has 78 valence electrons. The third-order valence-electron chi connectivity index (χ3n) is 1.70. The number of carboxylic acid groups (broad SMARTS) is 1. The van der Waals surface area contributed by atoms with Crippen LogP contribution in [0.15, 0.2) is 6.07 Å². The van der Waals surface area contributed by atoms with Gasteiger partial charge in [0, 0.05) is 12.1 Å². The lowest BCUT2D eigenvalue weighted by atomic mass is 10.3. The quantitative estimate of drug-likeness (QED) is 0.820. The van der Waals surface area contributed by atoms with Gasteiger partial charge in [0.05, 0.1) is 0 Å². The second-order valence-corrected chi connectivity index (χ2v) is 3.10. The van der Waals surface area contributed by atoms with Crippen molar-refractivity contribution in [2.24, 2.45) is 0 Å². The number of alkyl halides is 2. The lowest BCUT2D eigenvalue weighted by molar-refractivity contribution is 0.0689. The number of halogens is 2. The number of carbonyl (C=O) groups is 1. The van der Waals surface area contributed by atoms with Gasteiger partial charge < -0.3 is 5.11 Å². The highest BCUT2D eigenvalue weighted by atomic mass is 19.3. The molecule has 0 unspecified atom stereocenters. The van der Waals surface area contributed by atoms with Crippen LogP contribution in [0.3, 0.4) is 0 Å². The largest absolute Gasteiger partial charge is 0.476 e. The van der Waals surface area contributed by atoms with Crippen molar-refractivity contribution in [2.45, 2.75) is 26.3 Å². The fraction of sp³-hybridized carbons (Fsp3) is 0.500. The molecular weight excluding hydrogens is 194 g/mol. The van der Waals surface area contributed by atoms with Gasteiger partial charge in [-0.3, -0.25) is 4.68 Å². The maximum Gasteiger partial charge on any atom is 0.356 e. The van der Waals surface area contributed by atoms with Crippen LogP contribution in [-0.4, -0.2) is 20.9 Å². The van der Waals surface area contributed by atoms with Gasteiger partial charge in [0.2, 0.25) is 0 Å². The van der Waals surface area contributed by atoms with Crippen LogP contribution in [0.5, 0.6) is 0 Å². The minimum Gasteiger partial charge on any atom is -0.476 e. The molecule has 14 heavy (non-hydrogen) atoms. The van der Waals surface area contributed by atoms with Crippen LogP contribution in [0.1, 0.15) is 42.5 Å². The summed E-state index contributed by atoms with van der Waals surface area (Å²) < 4.78 is 25.8. The molecule has 0 fully saturated rings. The Labute approximate surface area is 79.2 Å². The molecule has 4 nitrogen and oxygen atoms in total. The summed E-state index contributed by atoms with van der Waals surface area (Å²) in [7, 11) is 0. The van der Waals surface area contributed by atoms with E-state index in [9.17, 15) is 13.6 Å². The van der Waals surface area contributed by atoms with Gasteiger partial charge in [-0.25, -0.2) is 13.6 Å². The monoisotopic (exact) mass is 204 g/mol. The first-order valence-corrected chi connectivity index (χ1v) is 4.04. The molecule has 0 bridgehead atoms. The second kappa shape index (κ2) is 3.73. The van der Waals surface area contributed by atoms with Crippen molar-refractivity contribution >= 4 is 5.97 Å². The minimum atomic E-state index is -2.71. The average Bonchev–Trinajstić information content (AvgIpc) is 2.47. The van der Waals surface area contributed by atoms with Gasteiger partial charge in [0.25, 0.3) is 6.43 Å². The van der Waals surface area contributed by atoms with Crippen molar-refractivity contribution in [3.8, 4) is 0 Å². The summed E-state index contributed by atoms with van der Waals surface area (Å²) in [5, 5.41) is 12.1. The summed E-state index contributed by atoms with van der Waals surface area (Å²) in [6.07, 6.45) is -2.71. The first-order chi connectivity index (χ1) is 6.43. The summed E-state index contributed by atoms with van der Waals surface area (Å²) in [4.78, 5) is 10.5. The molecule has 0 spiro atoms. The molecule has 6 heteroatoms. The molecule has 1 aromatic rings. The van der Waals surface area contributed by atoms with E-state index in [1.54, 1.807) is 13.8 Å². The number of aromatic carboxylic acids is 1. The summed E-state index contributed by atoms with van der Waals surface area (Å²) in [5.41, 5.74) is -0.716. The van der Waals surface area contributed by atoms with Gasteiger partial charge in [-0.1, -0.05) is 0 Å². The average molecular weight is 204 g/mol. The molecule has 0 radical (unpaired) electrons. The molecule has 1 heterocycles. The Hall–Kier alpha value is -1.46. The van der Waals surface area contributed by atoms with E-state index in [1.165, 1.54) is 0 Å². The first-order valence-electron chi connectivity index (χ1n) is 4.04. The predicted molar refractivity (Wildman–Crippen MR) is 44.5 cm³/mol. The van der Waals surface area contributed by atoms with E-state index < -0.39 is 12.4 Å². The number of hydrogen-bond donors (Lipinski definition) is 1. The third kappa shape index (κ3) is 1.89. The van der Waals surface area contributed by atoms with Gasteiger partial charge in [-0.15, -0.1) is 0 Å². The van der Waals surface area contributed by atoms with Gasteiger partial charge >= 0.3 is 5.97 Å². The summed E-state index contributed by atoms with van der Waals surface area (Å²) in [6.45, 7) is 3.31. The number of aromatic nitrogens is 2. The van der Waals surface area contributed by atoms with Gasteiger partial charge in [-0.05, 0) is 13.8 Å². The van der Waals surface area contributed by atoms with Crippen molar-refractivity contribution in [2.75, 3.05) is 0 Å². The van der Waals surface area contributed by atoms with Crippen molar-refractivity contribution in [1.82, 2.24) is 9.78 Å². The molecule has 0 aliphatic carbocycles. The SMILES string of the molecule is CC(C)n1nc(C(=O)O)cc1C(F)F. The van der Waals surface area contributed by atoms with Crippen LogP contribution in [0.4, 0.5) is 8.78 Å². The first kappa shape index (κ1) is 10.6. The van der Waals surface area contributed by atoms with E-state index in [0.717, 1.165) is 10.7 Å². The van der Waals surface area contributed by atoms with E-state index in [0.29, 0.717) is 0 Å². The Morgan fingerprint density at radius 1 is 1.57 bits per heavy atom. The van der Waals surface area contributed by atoms with Crippen LogP contribution in [0, 0.1) is 0 Å². The molecule has 0 aromatic carbocycles. The summed E-state index contributed by atoms with van der Waals surface area (Å²) >= 11 is 0. The Morgan fingerprint density at radius 3 is 2.43 bits per heavy atom. The Morgan fingerprint density at radius 2 is 2.14 bits per heavy atom. The van der Waals surface area contributed by atoms with Crippen LogP contribution < -0.4 is 0 Å². The third-order valence-corrected chi connectivity index (χ3v) is 1.70. The highest BCUT2D eigenvalue weighted by Crippen LogP contribution is 2.22. The maximum atomic E-state index is 12.4. The van der Waals surface area contributed by atoms with E-state index >= 15 is 0 Å². The number of nitrogens with zero attached hydrogens (tertiary/aromatic N) is 2. The van der Waals surface area contributed by atoms with Crippen molar-refractivity contribution < 1.29 is 18.7 Å². The Kier molecular flexibility index (Phi) is 2.83. The molecule has 1 aromatic heterocycles. The molecule has 0 atom stereocenters. The molecule has 0 aliphatic rings. The lowest BCUT2D eigenvalue weighted by Crippen LogP contribution is -2.08. The van der Waals surface area contributed by atoms with E-state index in [-0.39, 0.29) is 17.4 Å². The van der Waals surface area contributed by atoms with Gasteiger partial charge in [-0.2, -0.15) is 5.10 Å². The summed E-state index contributed by atoms with van der Waals surface area (Å²) in [5.74, 6) is -1.30. The molecule has 0 aliphatic heterocycles. The minimum absolute atomic E-state index is 0.285. The van der Waals surface area contributed by atoms with Crippen molar-refractivity contribution in [1.29, 1.82) is 0 Å². The van der Waals surface area contributed by atoms with Gasteiger partial charge in [0.15, 0.2) is 5.69 Å². The zero-order valence-electron chi connectivity index (χ0n) is 7.74. The van der Waals surface area contributed by atoms with E-state index in [1.807, 2.05) is 0 Å². The fourth-order valence-electron chi connectivity index (χ4n) is 1.09. The molecule has 0 amide bonds. The summed E-state index contributed by atoms with van der Waals surface area (Å²) in [6, 6.07) is 0.611. The second-order valence-electron chi connectivity index (χ2n) is 3.10. The van der Waals surface area contributed by atoms with Crippen LogP contribution >= 0.6 is 0 Å². The standard InChI is InChI=1S/C8H10F2N2O2/c1-4(2)12-6(7(9)10)3-5(11-12)8(13)14/h3-4,7H,1-2H3,(H,13,14). The molecule has 0 saturated heterocycles. The highest BCUT2D eigenvalue weighted by molar-refractivity contribution is 5.85. The number of hydrogen-bond acceptors (Lipinski definition) is 2. The lowest BCUT2D eigenvalue weighted by Gasteiger charge is -2.09. The number of rotatable bonds is 3. The van der Waals surface area contributed by atoms with Crippen molar-refractivity contribution in [3.63, 3.8) is 0 Å². The maximum absolute atomic E-state index is 12.4. The smallest absolute Gasteiger partial charge is 0.356 e. The molecular formula is C8H10F2N2O2. The molecule has 0 saturated carbocycles. The van der Waals surface area contributed by atoms with Crippen molar-refractivity contribution in [3.05, 3.63) is 17.5 Å². The molecule has 1 rings (SSSR count). The zero-order valence-corrected chi connectivity index (χ0v) is 7.74. The predicted octanol–water partition coefficient (Wildman–Crippen LogP) is 2.10. The van der Waals surface area contributed by atoms with E-state index in [2.05, 4.69) is 5.10 Å². The van der Waals surface area contributed by atoms with Crippen LogP contribution in [0.25, 0.3) is 0 Å². The Balaban J connectivity index is 3.19. The number of carboxylic acids is 1. The normalized spacial score (nSPS) is 11.3. The molecule has 1 N–H and O–H groups in total. The topological polar surface area (TPSA) is 55.1 Å². The van der Waals surface area contributed by atoms with Crippen LogP contribution in [0.2, 0.25) is 0 Å². The van der Waals surface area contributed by atoms with E-state index in [4.69, 9.17) is 5.11 Å². The Bertz CT molecular complexity index is 322. The zero-order chi connectivity index (χ0) is 10.9. The highest BCUT2D eigenvalue weighted by Gasteiger charge is 2.20. The fourth-order valence-corrected chi connectivity index (χ4v) is 1.09. The van der Waals surface area contributed by atoms with Crippen LogP contribution in [-0.2, 0) is 0 Å². The van der Waals surface area contributed by atoms with Gasteiger partial charge in [0.1, 0.15) is 5.69 Å².